The SMILES string of the molecule is COc1ccccc1Oc1ccc(CNC(=O)NC2CCCc3c2cnn3C)cc1. The summed E-state index contributed by atoms with van der Waals surface area (Å²) in [5.41, 5.74) is 3.32. The van der Waals surface area contributed by atoms with Gasteiger partial charge in [0.1, 0.15) is 5.75 Å². The van der Waals surface area contributed by atoms with E-state index < -0.39 is 0 Å². The Hall–Kier alpha value is -3.48. The van der Waals surface area contributed by atoms with Gasteiger partial charge in [0, 0.05) is 24.8 Å². The number of aromatic nitrogens is 2. The summed E-state index contributed by atoms with van der Waals surface area (Å²) in [5, 5.41) is 10.3. The monoisotopic (exact) mass is 406 g/mol. The van der Waals surface area contributed by atoms with Crippen LogP contribution in [0.2, 0.25) is 0 Å². The highest BCUT2D eigenvalue weighted by molar-refractivity contribution is 5.74. The number of hydrogen-bond acceptors (Lipinski definition) is 4. The molecule has 0 fully saturated rings. The van der Waals surface area contributed by atoms with Gasteiger partial charge in [-0.2, -0.15) is 5.10 Å². The third kappa shape index (κ3) is 4.40. The lowest BCUT2D eigenvalue weighted by Gasteiger charge is -2.24. The molecule has 0 radical (unpaired) electrons. The molecular weight excluding hydrogens is 380 g/mol. The number of amides is 2. The largest absolute Gasteiger partial charge is 0.493 e. The molecule has 0 bridgehead atoms. The molecule has 1 aliphatic carbocycles. The molecular formula is C23H26N4O3. The molecule has 1 aliphatic rings. The van der Waals surface area contributed by atoms with Gasteiger partial charge in [-0.3, -0.25) is 4.68 Å². The molecule has 1 atom stereocenters. The van der Waals surface area contributed by atoms with Crippen LogP contribution in [0.1, 0.15) is 35.7 Å². The summed E-state index contributed by atoms with van der Waals surface area (Å²) in [6.45, 7) is 0.438. The summed E-state index contributed by atoms with van der Waals surface area (Å²) in [5.74, 6) is 2.05. The molecule has 1 aromatic heterocycles. The van der Waals surface area contributed by atoms with Crippen LogP contribution in [0.25, 0.3) is 0 Å². The van der Waals surface area contributed by atoms with E-state index >= 15 is 0 Å². The zero-order chi connectivity index (χ0) is 20.9. The Balaban J connectivity index is 1.31. The lowest BCUT2D eigenvalue weighted by atomic mass is 9.93. The van der Waals surface area contributed by atoms with Gasteiger partial charge in [0.2, 0.25) is 0 Å². The average Bonchev–Trinajstić information content (AvgIpc) is 3.15. The molecule has 2 amide bonds. The van der Waals surface area contributed by atoms with Crippen LogP contribution in [-0.4, -0.2) is 22.9 Å². The zero-order valence-corrected chi connectivity index (χ0v) is 17.2. The van der Waals surface area contributed by atoms with Gasteiger partial charge in [-0.1, -0.05) is 24.3 Å². The predicted octanol–water partition coefficient (Wildman–Crippen LogP) is 4.10. The van der Waals surface area contributed by atoms with Gasteiger partial charge < -0.3 is 20.1 Å². The number of nitrogens with zero attached hydrogens (tertiary/aromatic N) is 2. The third-order valence-electron chi connectivity index (χ3n) is 5.35. The highest BCUT2D eigenvalue weighted by Crippen LogP contribution is 2.31. The smallest absolute Gasteiger partial charge is 0.315 e. The molecule has 4 rings (SSSR count). The van der Waals surface area contributed by atoms with Gasteiger partial charge in [-0.25, -0.2) is 4.79 Å². The standard InChI is InChI=1S/C23H26N4O3/c1-27-20-7-5-6-19(18(20)15-25-27)26-23(28)24-14-16-10-12-17(13-11-16)30-22-9-4-3-8-21(22)29-2/h3-4,8-13,15,19H,5-7,14H2,1-2H3,(H2,24,26,28). The number of ether oxygens (including phenoxy) is 2. The van der Waals surface area contributed by atoms with Crippen molar-refractivity contribution < 1.29 is 14.3 Å². The van der Waals surface area contributed by atoms with Gasteiger partial charge in [-0.05, 0) is 49.1 Å². The molecule has 3 aromatic rings. The number of benzene rings is 2. The lowest BCUT2D eigenvalue weighted by molar-refractivity contribution is 0.235. The number of para-hydroxylation sites is 2. The van der Waals surface area contributed by atoms with Crippen LogP contribution in [0.15, 0.2) is 54.7 Å². The number of methoxy groups -OCH3 is 1. The number of aryl methyl sites for hydroxylation is 1. The Morgan fingerprint density at radius 3 is 2.70 bits per heavy atom. The molecule has 0 spiro atoms. The molecule has 0 aliphatic heterocycles. The molecule has 1 heterocycles. The number of carbonyl (C=O) groups excluding carboxylic acids is 1. The minimum Gasteiger partial charge on any atom is -0.493 e. The maximum absolute atomic E-state index is 12.4. The fourth-order valence-electron chi connectivity index (χ4n) is 3.75. The van der Waals surface area contributed by atoms with E-state index in [2.05, 4.69) is 15.7 Å². The summed E-state index contributed by atoms with van der Waals surface area (Å²) in [4.78, 5) is 12.4. The summed E-state index contributed by atoms with van der Waals surface area (Å²) < 4.78 is 13.1. The third-order valence-corrected chi connectivity index (χ3v) is 5.35. The Kier molecular flexibility index (Phi) is 5.88. The van der Waals surface area contributed by atoms with E-state index in [1.165, 1.54) is 5.69 Å². The molecule has 30 heavy (non-hydrogen) atoms. The van der Waals surface area contributed by atoms with E-state index in [0.29, 0.717) is 23.8 Å². The molecule has 0 saturated heterocycles. The first-order valence-corrected chi connectivity index (χ1v) is 10.1. The van der Waals surface area contributed by atoms with Crippen LogP contribution in [0.4, 0.5) is 4.79 Å². The van der Waals surface area contributed by atoms with Crippen LogP contribution in [0.3, 0.4) is 0 Å². The quantitative estimate of drug-likeness (QED) is 0.646. The fraction of sp³-hybridized carbons (Fsp3) is 0.304. The van der Waals surface area contributed by atoms with Crippen molar-refractivity contribution in [1.82, 2.24) is 20.4 Å². The van der Waals surface area contributed by atoms with Gasteiger partial charge in [0.15, 0.2) is 11.5 Å². The number of nitrogens with one attached hydrogen (secondary N) is 2. The topological polar surface area (TPSA) is 77.4 Å². The number of fused-ring (bicyclic) bond motifs is 1. The predicted molar refractivity (Wildman–Crippen MR) is 114 cm³/mol. The van der Waals surface area contributed by atoms with Crippen molar-refractivity contribution in [2.45, 2.75) is 31.8 Å². The number of rotatable bonds is 6. The second kappa shape index (κ2) is 8.90. The summed E-state index contributed by atoms with van der Waals surface area (Å²) >= 11 is 0. The second-order valence-corrected chi connectivity index (χ2v) is 7.34. The zero-order valence-electron chi connectivity index (χ0n) is 17.2. The molecule has 7 nitrogen and oxygen atoms in total. The molecule has 1 unspecified atom stereocenters. The highest BCUT2D eigenvalue weighted by atomic mass is 16.5. The van der Waals surface area contributed by atoms with Crippen molar-refractivity contribution in [2.75, 3.05) is 7.11 Å². The van der Waals surface area contributed by atoms with Crippen molar-refractivity contribution in [3.8, 4) is 17.2 Å². The first-order chi connectivity index (χ1) is 14.6. The minimum absolute atomic E-state index is 0.0130. The van der Waals surface area contributed by atoms with Crippen molar-refractivity contribution in [2.24, 2.45) is 7.05 Å². The minimum atomic E-state index is -0.175. The maximum Gasteiger partial charge on any atom is 0.315 e. The molecule has 156 valence electrons. The van der Waals surface area contributed by atoms with E-state index in [1.54, 1.807) is 7.11 Å². The van der Waals surface area contributed by atoms with Crippen molar-refractivity contribution in [3.05, 3.63) is 71.5 Å². The van der Waals surface area contributed by atoms with Crippen molar-refractivity contribution >= 4 is 6.03 Å². The van der Waals surface area contributed by atoms with E-state index in [0.717, 1.165) is 30.4 Å². The van der Waals surface area contributed by atoms with Gasteiger partial charge in [-0.15, -0.1) is 0 Å². The molecule has 2 N–H and O–H groups in total. The van der Waals surface area contributed by atoms with Gasteiger partial charge in [0.25, 0.3) is 0 Å². The maximum atomic E-state index is 12.4. The van der Waals surface area contributed by atoms with Crippen molar-refractivity contribution in [3.63, 3.8) is 0 Å². The van der Waals surface area contributed by atoms with Crippen LogP contribution in [-0.2, 0) is 20.0 Å². The lowest BCUT2D eigenvalue weighted by Crippen LogP contribution is -2.38. The van der Waals surface area contributed by atoms with Crippen molar-refractivity contribution in [1.29, 1.82) is 0 Å². The van der Waals surface area contributed by atoms with E-state index in [-0.39, 0.29) is 12.1 Å². The Morgan fingerprint density at radius 2 is 1.93 bits per heavy atom. The Bertz CT molecular complexity index is 1010. The molecule has 0 saturated carbocycles. The first kappa shape index (κ1) is 19.8. The van der Waals surface area contributed by atoms with Crippen LogP contribution in [0, 0.1) is 0 Å². The van der Waals surface area contributed by atoms with E-state index in [4.69, 9.17) is 9.47 Å². The summed E-state index contributed by atoms with van der Waals surface area (Å²) in [6.07, 6.45) is 4.85. The molecule has 7 heteroatoms. The first-order valence-electron chi connectivity index (χ1n) is 10.1. The van der Waals surface area contributed by atoms with Crippen LogP contribution >= 0.6 is 0 Å². The summed E-state index contributed by atoms with van der Waals surface area (Å²) in [7, 11) is 3.56. The Labute approximate surface area is 176 Å². The van der Waals surface area contributed by atoms with Gasteiger partial charge in [0.05, 0.1) is 19.3 Å². The fourth-order valence-corrected chi connectivity index (χ4v) is 3.75. The second-order valence-electron chi connectivity index (χ2n) is 7.34. The van der Waals surface area contributed by atoms with E-state index in [9.17, 15) is 4.79 Å². The number of hydrogen-bond donors (Lipinski definition) is 2. The summed E-state index contributed by atoms with van der Waals surface area (Å²) in [6, 6.07) is 15.0. The normalized spacial score (nSPS) is 15.2. The Morgan fingerprint density at radius 1 is 1.17 bits per heavy atom. The van der Waals surface area contributed by atoms with E-state index in [1.807, 2.05) is 66.5 Å². The highest BCUT2D eigenvalue weighted by Gasteiger charge is 2.24. The molecule has 2 aromatic carbocycles. The average molecular weight is 406 g/mol. The number of carbonyl (C=O) groups is 1. The van der Waals surface area contributed by atoms with Crippen LogP contribution < -0.4 is 20.1 Å². The number of urea groups is 1. The van der Waals surface area contributed by atoms with Gasteiger partial charge >= 0.3 is 6.03 Å². The van der Waals surface area contributed by atoms with Crippen LogP contribution in [0.5, 0.6) is 17.2 Å².